The van der Waals surface area contributed by atoms with E-state index in [1.807, 2.05) is 58.0 Å². The Morgan fingerprint density at radius 3 is 2.36 bits per heavy atom. The molecule has 1 unspecified atom stereocenters. The molecule has 1 aliphatic rings. The normalized spacial score (nSPS) is 16.9. The van der Waals surface area contributed by atoms with E-state index in [4.69, 9.17) is 14.5 Å². The molecule has 1 amide bonds. The molecule has 7 nitrogen and oxygen atoms in total. The first-order chi connectivity index (χ1) is 18.6. The summed E-state index contributed by atoms with van der Waals surface area (Å²) in [5.41, 5.74) is 4.58. The minimum atomic E-state index is -0.874. The van der Waals surface area contributed by atoms with E-state index >= 15 is 0 Å². The summed E-state index contributed by atoms with van der Waals surface area (Å²) in [4.78, 5) is 33.4. The number of aromatic nitrogens is 1. The van der Waals surface area contributed by atoms with E-state index in [0.717, 1.165) is 26.9 Å². The summed E-state index contributed by atoms with van der Waals surface area (Å²) < 4.78 is 11.8. The van der Waals surface area contributed by atoms with Crippen LogP contribution in [0.1, 0.15) is 53.6 Å². The van der Waals surface area contributed by atoms with Crippen LogP contribution < -0.4 is 14.4 Å². The molecule has 200 valence electrons. The zero-order valence-corrected chi connectivity index (χ0v) is 23.6. The molecule has 1 saturated heterocycles. The number of nitrogens with zero attached hydrogens (tertiary/aromatic N) is 2. The van der Waals surface area contributed by atoms with Crippen molar-refractivity contribution in [2.75, 3.05) is 19.1 Å². The fourth-order valence-corrected chi connectivity index (χ4v) is 6.07. The van der Waals surface area contributed by atoms with Gasteiger partial charge in [-0.1, -0.05) is 43.4 Å². The maximum atomic E-state index is 13.7. The quantitative estimate of drug-likeness (QED) is 0.166. The van der Waals surface area contributed by atoms with Crippen LogP contribution in [0.2, 0.25) is 0 Å². The highest BCUT2D eigenvalue weighted by Crippen LogP contribution is 2.45. The molecule has 0 radical (unpaired) electrons. The molecule has 1 aromatic heterocycles. The average molecular weight is 543 g/mol. The Morgan fingerprint density at radius 1 is 1.00 bits per heavy atom. The lowest BCUT2D eigenvalue weighted by molar-refractivity contribution is -0.132. The highest BCUT2D eigenvalue weighted by Gasteiger charge is 2.48. The smallest absolute Gasteiger partial charge is 0.301 e. The molecule has 1 N–H and O–H groups in total. The van der Waals surface area contributed by atoms with Gasteiger partial charge in [0.1, 0.15) is 17.3 Å². The first-order valence-corrected chi connectivity index (χ1v) is 13.5. The van der Waals surface area contributed by atoms with Crippen molar-refractivity contribution in [2.24, 2.45) is 0 Å². The van der Waals surface area contributed by atoms with E-state index in [0.29, 0.717) is 27.8 Å². The predicted octanol–water partition coefficient (Wildman–Crippen LogP) is 6.68. The third kappa shape index (κ3) is 4.55. The standard InChI is InChI=1S/C31H30N2O5S/c1-16(2)21-15-22(18(4)14-24(21)38-6)28(34)26-27(19-8-10-20(37-5)11-9-19)33(30(36)29(26)35)31-32-23-12-7-17(3)13-25(23)39-31/h7-16,27,34H,1-6H3/b28-26+. The number of hydrogen-bond donors (Lipinski definition) is 1. The van der Waals surface area contributed by atoms with Crippen LogP contribution in [-0.4, -0.2) is 36.0 Å². The molecule has 1 atom stereocenters. The van der Waals surface area contributed by atoms with Crippen molar-refractivity contribution >= 4 is 44.1 Å². The van der Waals surface area contributed by atoms with Gasteiger partial charge in [-0.05, 0) is 78.4 Å². The molecule has 0 aliphatic carbocycles. The van der Waals surface area contributed by atoms with Crippen LogP contribution in [0.15, 0.2) is 60.2 Å². The summed E-state index contributed by atoms with van der Waals surface area (Å²) in [6.07, 6.45) is 0. The van der Waals surface area contributed by atoms with E-state index in [2.05, 4.69) is 0 Å². The number of benzene rings is 3. The SMILES string of the molecule is COc1ccc(C2/C(=C(\O)c3cc(C(C)C)c(OC)cc3C)C(=O)C(=O)N2c2nc3ccc(C)cc3s2)cc1. The molecule has 1 aliphatic heterocycles. The van der Waals surface area contributed by atoms with Gasteiger partial charge >= 0.3 is 5.91 Å². The van der Waals surface area contributed by atoms with Crippen LogP contribution in [0.25, 0.3) is 16.0 Å². The molecule has 39 heavy (non-hydrogen) atoms. The number of ether oxygens (including phenoxy) is 2. The van der Waals surface area contributed by atoms with Gasteiger partial charge in [0.25, 0.3) is 5.78 Å². The van der Waals surface area contributed by atoms with Gasteiger partial charge in [0.2, 0.25) is 0 Å². The minimum Gasteiger partial charge on any atom is -0.507 e. The molecule has 0 bridgehead atoms. The Hall–Kier alpha value is -4.17. The summed E-state index contributed by atoms with van der Waals surface area (Å²) in [6, 6.07) is 15.8. The van der Waals surface area contributed by atoms with Gasteiger partial charge in [-0.3, -0.25) is 14.5 Å². The van der Waals surface area contributed by atoms with E-state index in [-0.39, 0.29) is 17.3 Å². The van der Waals surface area contributed by atoms with Gasteiger partial charge in [0.05, 0.1) is 36.1 Å². The Labute approximate surface area is 231 Å². The third-order valence-electron chi connectivity index (χ3n) is 7.07. The largest absolute Gasteiger partial charge is 0.507 e. The molecule has 5 rings (SSSR count). The zero-order chi connectivity index (χ0) is 28.0. The van der Waals surface area contributed by atoms with Gasteiger partial charge in [-0.25, -0.2) is 4.98 Å². The monoisotopic (exact) mass is 542 g/mol. The van der Waals surface area contributed by atoms with Crippen molar-refractivity contribution in [1.29, 1.82) is 0 Å². The van der Waals surface area contributed by atoms with Gasteiger partial charge in [-0.15, -0.1) is 0 Å². The summed E-state index contributed by atoms with van der Waals surface area (Å²) in [6.45, 7) is 7.89. The molecule has 0 saturated carbocycles. The molecule has 2 heterocycles. The molecular formula is C31H30N2O5S. The number of carbonyl (C=O) groups excluding carboxylic acids is 2. The molecule has 0 spiro atoms. The van der Waals surface area contributed by atoms with Crippen molar-refractivity contribution < 1.29 is 24.2 Å². The van der Waals surface area contributed by atoms with Gasteiger partial charge in [0.15, 0.2) is 5.13 Å². The number of aliphatic hydroxyl groups is 1. The molecule has 3 aromatic carbocycles. The van der Waals surface area contributed by atoms with Crippen LogP contribution in [-0.2, 0) is 9.59 Å². The third-order valence-corrected chi connectivity index (χ3v) is 8.09. The number of aryl methyl sites for hydroxylation is 2. The summed E-state index contributed by atoms with van der Waals surface area (Å²) in [5.74, 6) is -0.267. The number of thiazole rings is 1. The summed E-state index contributed by atoms with van der Waals surface area (Å²) >= 11 is 1.34. The van der Waals surface area contributed by atoms with Crippen molar-refractivity contribution in [2.45, 2.75) is 39.7 Å². The highest BCUT2D eigenvalue weighted by molar-refractivity contribution is 7.22. The number of methoxy groups -OCH3 is 2. The maximum absolute atomic E-state index is 13.7. The Morgan fingerprint density at radius 2 is 1.72 bits per heavy atom. The zero-order valence-electron chi connectivity index (χ0n) is 22.7. The number of fused-ring (bicyclic) bond motifs is 1. The van der Waals surface area contributed by atoms with E-state index in [1.54, 1.807) is 38.5 Å². The second-order valence-corrected chi connectivity index (χ2v) is 11.0. The van der Waals surface area contributed by atoms with Crippen LogP contribution in [0.4, 0.5) is 5.13 Å². The van der Waals surface area contributed by atoms with Gasteiger partial charge < -0.3 is 14.6 Å². The lowest BCUT2D eigenvalue weighted by Crippen LogP contribution is -2.29. The second-order valence-electron chi connectivity index (χ2n) is 9.97. The van der Waals surface area contributed by atoms with E-state index in [1.165, 1.54) is 16.2 Å². The van der Waals surface area contributed by atoms with Crippen LogP contribution in [0, 0.1) is 13.8 Å². The van der Waals surface area contributed by atoms with Crippen molar-refractivity contribution in [1.82, 2.24) is 4.98 Å². The second kappa shape index (κ2) is 10.2. The number of rotatable bonds is 6. The first-order valence-electron chi connectivity index (χ1n) is 12.7. The average Bonchev–Trinajstić information content (AvgIpc) is 3.45. The number of carbonyl (C=O) groups is 2. The van der Waals surface area contributed by atoms with Crippen molar-refractivity contribution in [3.8, 4) is 11.5 Å². The van der Waals surface area contributed by atoms with Crippen LogP contribution in [0.3, 0.4) is 0 Å². The topological polar surface area (TPSA) is 89.0 Å². The number of ketones is 1. The molecule has 1 fully saturated rings. The lowest BCUT2D eigenvalue weighted by Gasteiger charge is -2.23. The number of aliphatic hydroxyl groups excluding tert-OH is 1. The fourth-order valence-electron chi connectivity index (χ4n) is 4.98. The number of Topliss-reactive ketones (excluding diaryl/α,β-unsaturated/α-hetero) is 1. The Balaban J connectivity index is 1.75. The first kappa shape index (κ1) is 26.4. The minimum absolute atomic E-state index is 0.0172. The predicted molar refractivity (Wildman–Crippen MR) is 154 cm³/mol. The van der Waals surface area contributed by atoms with E-state index in [9.17, 15) is 14.7 Å². The van der Waals surface area contributed by atoms with E-state index < -0.39 is 17.7 Å². The molecular weight excluding hydrogens is 512 g/mol. The maximum Gasteiger partial charge on any atom is 0.301 e. The Bertz CT molecular complexity index is 1630. The lowest BCUT2D eigenvalue weighted by atomic mass is 9.91. The number of amides is 1. The highest BCUT2D eigenvalue weighted by atomic mass is 32.1. The summed E-state index contributed by atoms with van der Waals surface area (Å²) in [7, 11) is 3.18. The van der Waals surface area contributed by atoms with Gasteiger partial charge in [-0.2, -0.15) is 0 Å². The Kier molecular flexibility index (Phi) is 6.91. The van der Waals surface area contributed by atoms with Gasteiger partial charge in [0, 0.05) is 5.56 Å². The summed E-state index contributed by atoms with van der Waals surface area (Å²) in [5, 5.41) is 12.1. The van der Waals surface area contributed by atoms with Crippen molar-refractivity contribution in [3.05, 3.63) is 88.0 Å². The molecule has 8 heteroatoms. The molecule has 4 aromatic rings. The van der Waals surface area contributed by atoms with Crippen molar-refractivity contribution in [3.63, 3.8) is 0 Å². The fraction of sp³-hybridized carbons (Fsp3) is 0.258. The number of anilines is 1. The van der Waals surface area contributed by atoms with Crippen LogP contribution in [0.5, 0.6) is 11.5 Å². The van der Waals surface area contributed by atoms with Crippen LogP contribution >= 0.6 is 11.3 Å². The number of hydrogen-bond acceptors (Lipinski definition) is 7.